The lowest BCUT2D eigenvalue weighted by atomic mass is 10.2. The third kappa shape index (κ3) is 9.47. The number of nitrogens with one attached hydrogen (secondary N) is 3. The van der Waals surface area contributed by atoms with Crippen molar-refractivity contribution < 1.29 is 12.8 Å². The van der Waals surface area contributed by atoms with Crippen molar-refractivity contribution in [3.05, 3.63) is 71.5 Å². The van der Waals surface area contributed by atoms with E-state index in [1.165, 1.54) is 12.1 Å². The Morgan fingerprint density at radius 1 is 1.04 bits per heavy atom. The molecular weight excluding hydrogens is 494 g/mol. The van der Waals surface area contributed by atoms with E-state index in [-0.39, 0.29) is 48.6 Å². The van der Waals surface area contributed by atoms with E-state index in [1.807, 2.05) is 37.3 Å². The molecule has 0 aliphatic heterocycles. The lowest BCUT2D eigenvalue weighted by Crippen LogP contribution is -2.41. The van der Waals surface area contributed by atoms with Crippen LogP contribution in [0, 0.1) is 5.82 Å². The molecule has 6 nitrogen and oxygen atoms in total. The average Bonchev–Trinajstić information content (AvgIpc) is 2.65. The number of benzene rings is 2. The van der Waals surface area contributed by atoms with Crippen LogP contribution in [0.25, 0.3) is 0 Å². The maximum Gasteiger partial charge on any atom is 0.213 e. The average molecular weight is 520 g/mol. The molecule has 0 spiro atoms. The number of sulfonamides is 1. The molecule has 0 aliphatic carbocycles. The van der Waals surface area contributed by atoms with Gasteiger partial charge in [0.25, 0.3) is 0 Å². The number of aliphatic imine (C=N–C) groups is 1. The molecule has 0 saturated heterocycles. The van der Waals surface area contributed by atoms with Crippen molar-refractivity contribution >= 4 is 40.0 Å². The van der Waals surface area contributed by atoms with Gasteiger partial charge >= 0.3 is 0 Å². The highest BCUT2D eigenvalue weighted by molar-refractivity contribution is 14.0. The molecule has 28 heavy (non-hydrogen) atoms. The van der Waals surface area contributed by atoms with Crippen molar-refractivity contribution in [2.75, 3.05) is 18.8 Å². The van der Waals surface area contributed by atoms with Gasteiger partial charge in [-0.3, -0.25) is 0 Å². The van der Waals surface area contributed by atoms with Gasteiger partial charge in [0.2, 0.25) is 10.0 Å². The highest BCUT2D eigenvalue weighted by atomic mass is 127. The van der Waals surface area contributed by atoms with Crippen molar-refractivity contribution in [2.45, 2.75) is 20.0 Å². The van der Waals surface area contributed by atoms with E-state index in [4.69, 9.17) is 0 Å². The van der Waals surface area contributed by atoms with Gasteiger partial charge in [-0.05, 0) is 30.2 Å². The summed E-state index contributed by atoms with van der Waals surface area (Å²) in [7, 11) is -3.41. The number of halogens is 2. The highest BCUT2D eigenvalue weighted by Gasteiger charge is 2.10. The Morgan fingerprint density at radius 2 is 1.75 bits per heavy atom. The van der Waals surface area contributed by atoms with Crippen LogP contribution < -0.4 is 15.4 Å². The molecule has 0 amide bonds. The highest BCUT2D eigenvalue weighted by Crippen LogP contribution is 2.04. The van der Waals surface area contributed by atoms with E-state index < -0.39 is 10.0 Å². The summed E-state index contributed by atoms with van der Waals surface area (Å²) in [4.78, 5) is 4.35. The van der Waals surface area contributed by atoms with Crippen molar-refractivity contribution in [3.63, 3.8) is 0 Å². The molecule has 0 heterocycles. The number of rotatable bonds is 9. The van der Waals surface area contributed by atoms with Crippen LogP contribution in [0.1, 0.15) is 18.1 Å². The molecule has 0 aromatic heterocycles. The van der Waals surface area contributed by atoms with Crippen molar-refractivity contribution in [2.24, 2.45) is 4.99 Å². The van der Waals surface area contributed by atoms with Gasteiger partial charge in [0.1, 0.15) is 5.82 Å². The number of hydrogen-bond donors (Lipinski definition) is 3. The van der Waals surface area contributed by atoms with Crippen LogP contribution in [0.5, 0.6) is 0 Å². The van der Waals surface area contributed by atoms with E-state index in [2.05, 4.69) is 20.3 Å². The summed E-state index contributed by atoms with van der Waals surface area (Å²) in [6.45, 7) is 3.31. The second-order valence-corrected chi connectivity index (χ2v) is 7.80. The van der Waals surface area contributed by atoms with E-state index in [1.54, 1.807) is 12.1 Å². The quantitative estimate of drug-likeness (QED) is 0.270. The molecule has 0 fully saturated rings. The predicted molar refractivity (Wildman–Crippen MR) is 122 cm³/mol. The molecule has 0 bridgehead atoms. The van der Waals surface area contributed by atoms with Crippen LogP contribution in [-0.2, 0) is 23.1 Å². The second kappa shape index (κ2) is 12.7. The summed E-state index contributed by atoms with van der Waals surface area (Å²) < 4.78 is 40.0. The first-order chi connectivity index (χ1) is 13.0. The first kappa shape index (κ1) is 24.3. The lowest BCUT2D eigenvalue weighted by molar-refractivity contribution is 0.580. The maximum absolute atomic E-state index is 13.2. The summed E-state index contributed by atoms with van der Waals surface area (Å²) in [5, 5.41) is 6.03. The minimum atomic E-state index is -3.41. The van der Waals surface area contributed by atoms with Crippen LogP contribution in [0.4, 0.5) is 4.39 Å². The number of nitrogens with zero attached hydrogens (tertiary/aromatic N) is 1. The normalized spacial score (nSPS) is 11.6. The Morgan fingerprint density at radius 3 is 2.43 bits per heavy atom. The van der Waals surface area contributed by atoms with Gasteiger partial charge in [-0.25, -0.2) is 22.5 Å². The van der Waals surface area contributed by atoms with Gasteiger partial charge in [-0.2, -0.15) is 0 Å². The molecule has 154 valence electrons. The first-order valence-electron chi connectivity index (χ1n) is 8.76. The monoisotopic (exact) mass is 520 g/mol. The van der Waals surface area contributed by atoms with Gasteiger partial charge in [0, 0.05) is 19.6 Å². The smallest absolute Gasteiger partial charge is 0.213 e. The molecule has 2 rings (SSSR count). The van der Waals surface area contributed by atoms with Gasteiger partial charge in [-0.1, -0.05) is 42.5 Å². The molecule has 9 heteroatoms. The maximum atomic E-state index is 13.2. The minimum Gasteiger partial charge on any atom is -0.357 e. The largest absolute Gasteiger partial charge is 0.357 e. The number of guanidine groups is 1. The van der Waals surface area contributed by atoms with Crippen LogP contribution in [-0.4, -0.2) is 33.2 Å². The van der Waals surface area contributed by atoms with Crippen LogP contribution in [0.2, 0.25) is 0 Å². The number of hydrogen-bond acceptors (Lipinski definition) is 3. The zero-order valence-electron chi connectivity index (χ0n) is 15.7. The summed E-state index contributed by atoms with van der Waals surface area (Å²) in [5.74, 6) is 0.0979. The zero-order valence-corrected chi connectivity index (χ0v) is 18.8. The van der Waals surface area contributed by atoms with Gasteiger partial charge in [0.15, 0.2) is 5.96 Å². The molecule has 2 aromatic carbocycles. The summed E-state index contributed by atoms with van der Waals surface area (Å²) >= 11 is 0. The molecule has 2 aromatic rings. The molecule has 0 aliphatic rings. The predicted octanol–water partition coefficient (Wildman–Crippen LogP) is 2.62. The molecule has 0 unspecified atom stereocenters. The molecule has 0 radical (unpaired) electrons. The zero-order chi connectivity index (χ0) is 19.5. The fraction of sp³-hybridized carbons (Fsp3) is 0.316. The third-order valence-electron chi connectivity index (χ3n) is 3.66. The van der Waals surface area contributed by atoms with E-state index >= 15 is 0 Å². The fourth-order valence-corrected chi connectivity index (χ4v) is 3.21. The summed E-state index contributed by atoms with van der Waals surface area (Å²) in [6, 6.07) is 15.6. The van der Waals surface area contributed by atoms with Gasteiger partial charge in [-0.15, -0.1) is 24.0 Å². The van der Waals surface area contributed by atoms with Gasteiger partial charge < -0.3 is 10.6 Å². The Balaban J connectivity index is 0.00000392. The van der Waals surface area contributed by atoms with E-state index in [0.717, 1.165) is 11.1 Å². The summed E-state index contributed by atoms with van der Waals surface area (Å²) in [5.41, 5.74) is 1.64. The van der Waals surface area contributed by atoms with Crippen LogP contribution in [0.3, 0.4) is 0 Å². The first-order valence-corrected chi connectivity index (χ1v) is 10.4. The standard InChI is InChI=1S/C19H25FN4O2S.HI/c1-2-21-19(23-14-17-9-6-10-18(20)13-17)22-11-12-27(25,26)24-15-16-7-4-3-5-8-16;/h3-10,13,24H,2,11-12,14-15H2,1H3,(H2,21,22,23);1H. The molecular formula is C19H26FIN4O2S. The third-order valence-corrected chi connectivity index (χ3v) is 4.98. The Kier molecular flexibility index (Phi) is 11.0. The van der Waals surface area contributed by atoms with Crippen molar-refractivity contribution in [1.82, 2.24) is 15.4 Å². The molecule has 0 saturated carbocycles. The van der Waals surface area contributed by atoms with Crippen molar-refractivity contribution in [3.8, 4) is 0 Å². The van der Waals surface area contributed by atoms with Crippen LogP contribution >= 0.6 is 24.0 Å². The molecule has 0 atom stereocenters. The van der Waals surface area contributed by atoms with Crippen molar-refractivity contribution in [1.29, 1.82) is 0 Å². The van der Waals surface area contributed by atoms with E-state index in [0.29, 0.717) is 19.0 Å². The topological polar surface area (TPSA) is 82.6 Å². The fourth-order valence-electron chi connectivity index (χ4n) is 2.31. The summed E-state index contributed by atoms with van der Waals surface area (Å²) in [6.07, 6.45) is 0. The Hall–Kier alpha value is -1.72. The Labute approximate surface area is 183 Å². The Bertz CT molecular complexity index is 848. The lowest BCUT2D eigenvalue weighted by Gasteiger charge is -2.12. The van der Waals surface area contributed by atoms with Crippen LogP contribution in [0.15, 0.2) is 59.6 Å². The van der Waals surface area contributed by atoms with Gasteiger partial charge in [0.05, 0.1) is 12.3 Å². The molecule has 3 N–H and O–H groups in total. The minimum absolute atomic E-state index is 0. The SMILES string of the molecule is CCNC(=NCc1cccc(F)c1)NCCS(=O)(=O)NCc1ccccc1.I. The van der Waals surface area contributed by atoms with E-state index in [9.17, 15) is 12.8 Å². The second-order valence-electron chi connectivity index (χ2n) is 5.88.